The Balaban J connectivity index is 1.31. The van der Waals surface area contributed by atoms with Crippen LogP contribution in [0.1, 0.15) is 5.56 Å². The highest BCUT2D eigenvalue weighted by Crippen LogP contribution is 2.44. The zero-order valence-electron chi connectivity index (χ0n) is 26.1. The molecule has 226 valence electrons. The minimum Gasteiger partial charge on any atom is -0.454 e. The molecule has 0 radical (unpaired) electrons. The molecule has 0 saturated heterocycles. The lowest BCUT2D eigenvalue weighted by molar-refractivity contribution is 0.671. The number of furan rings is 1. The summed E-state index contributed by atoms with van der Waals surface area (Å²) in [6.45, 7) is 7.59. The largest absolute Gasteiger partial charge is 0.454 e. The maximum absolute atomic E-state index is 9.71. The van der Waals surface area contributed by atoms with E-state index in [-0.39, 0.29) is 0 Å². The van der Waals surface area contributed by atoms with E-state index in [2.05, 4.69) is 135 Å². The molecule has 0 N–H and O–H groups in total. The fraction of sp³-hybridized carbons (Fsp3) is 0. The summed E-state index contributed by atoms with van der Waals surface area (Å²) in [5, 5.41) is 16.0. The van der Waals surface area contributed by atoms with Gasteiger partial charge >= 0.3 is 0 Å². The lowest BCUT2D eigenvalue weighted by Crippen LogP contribution is -2.01. The van der Waals surface area contributed by atoms with E-state index in [9.17, 15) is 5.26 Å². The maximum atomic E-state index is 9.71. The standard InChI is InChI=1S/C44H24N4O/c1-46-28-19-23-42-36(25-28)34-21-20-33-31-12-4-9-17-40(31)48(43(33)44(34)49-42)39-16-8-3-11-30(39)29-10-2-6-14-37(29)47-38-15-7-5-13-32(38)35-24-27(26-45)18-22-41(35)47/h2-25H. The molecule has 3 heterocycles. The summed E-state index contributed by atoms with van der Waals surface area (Å²) < 4.78 is 11.3. The summed E-state index contributed by atoms with van der Waals surface area (Å²) in [7, 11) is 0. The van der Waals surface area contributed by atoms with Crippen molar-refractivity contribution in [3.8, 4) is 28.6 Å². The first-order valence-corrected chi connectivity index (χ1v) is 16.1. The lowest BCUT2D eigenvalue weighted by Gasteiger charge is -2.18. The van der Waals surface area contributed by atoms with E-state index in [1.807, 2.05) is 30.3 Å². The van der Waals surface area contributed by atoms with Crippen molar-refractivity contribution in [2.45, 2.75) is 0 Å². The number of nitrogens with zero attached hydrogens (tertiary/aromatic N) is 4. The summed E-state index contributed by atoms with van der Waals surface area (Å²) in [4.78, 5) is 3.68. The molecule has 0 spiro atoms. The molecule has 0 bridgehead atoms. The van der Waals surface area contributed by atoms with E-state index in [4.69, 9.17) is 11.0 Å². The molecule has 3 aromatic heterocycles. The van der Waals surface area contributed by atoms with E-state index < -0.39 is 0 Å². The molecule has 5 nitrogen and oxygen atoms in total. The van der Waals surface area contributed by atoms with Crippen molar-refractivity contribution in [2.75, 3.05) is 0 Å². The molecule has 0 unspecified atom stereocenters. The van der Waals surface area contributed by atoms with Gasteiger partial charge in [-0.25, -0.2) is 4.85 Å². The van der Waals surface area contributed by atoms with Gasteiger partial charge in [0.25, 0.3) is 0 Å². The van der Waals surface area contributed by atoms with Crippen LogP contribution in [0.15, 0.2) is 150 Å². The molecule has 10 aromatic rings. The number of rotatable bonds is 3. The average Bonchev–Trinajstić information content (AvgIpc) is 3.82. The van der Waals surface area contributed by atoms with Crippen molar-refractivity contribution in [3.05, 3.63) is 163 Å². The second kappa shape index (κ2) is 10.2. The molecule has 0 aliphatic rings. The molecule has 0 aliphatic carbocycles. The normalized spacial score (nSPS) is 11.6. The van der Waals surface area contributed by atoms with Gasteiger partial charge in [0.2, 0.25) is 0 Å². The minimum atomic E-state index is 0.590. The zero-order valence-corrected chi connectivity index (χ0v) is 26.1. The van der Waals surface area contributed by atoms with Gasteiger partial charge in [-0.05, 0) is 60.7 Å². The average molecular weight is 625 g/mol. The van der Waals surface area contributed by atoms with Gasteiger partial charge in [0, 0.05) is 43.4 Å². The van der Waals surface area contributed by atoms with Gasteiger partial charge in [-0.3, -0.25) is 0 Å². The van der Waals surface area contributed by atoms with Crippen LogP contribution in [0.25, 0.3) is 92.9 Å². The SMILES string of the molecule is [C-]#[N+]c1ccc2oc3c(ccc4c5ccccc5n(-c5ccccc5-c5ccccc5-n5c6ccccc6c6cc(C#N)ccc65)c43)c2c1. The van der Waals surface area contributed by atoms with E-state index in [1.54, 1.807) is 0 Å². The third-order valence-electron chi connectivity index (χ3n) is 9.77. The van der Waals surface area contributed by atoms with E-state index in [0.717, 1.165) is 88.1 Å². The van der Waals surface area contributed by atoms with Crippen LogP contribution >= 0.6 is 0 Å². The summed E-state index contributed by atoms with van der Waals surface area (Å²) in [5.74, 6) is 0. The van der Waals surface area contributed by atoms with Crippen LogP contribution in [0.2, 0.25) is 0 Å². The summed E-state index contributed by atoms with van der Waals surface area (Å²) in [6.07, 6.45) is 0. The third kappa shape index (κ3) is 3.79. The minimum absolute atomic E-state index is 0.590. The maximum Gasteiger partial charge on any atom is 0.188 e. The second-order valence-corrected chi connectivity index (χ2v) is 12.3. The van der Waals surface area contributed by atoms with Crippen LogP contribution in [-0.2, 0) is 0 Å². The fourth-order valence-electron chi connectivity index (χ4n) is 7.68. The van der Waals surface area contributed by atoms with E-state index in [1.165, 1.54) is 0 Å². The Bertz CT molecular complexity index is 3090. The lowest BCUT2D eigenvalue weighted by atomic mass is 10.0. The molecule has 49 heavy (non-hydrogen) atoms. The summed E-state index contributed by atoms with van der Waals surface area (Å²) in [6, 6.07) is 52.2. The molecular formula is C44H24N4O. The number of hydrogen-bond donors (Lipinski definition) is 0. The van der Waals surface area contributed by atoms with E-state index in [0.29, 0.717) is 11.3 Å². The van der Waals surface area contributed by atoms with Gasteiger partial charge in [0.05, 0.1) is 51.6 Å². The van der Waals surface area contributed by atoms with Gasteiger partial charge in [-0.1, -0.05) is 84.9 Å². The first-order valence-electron chi connectivity index (χ1n) is 16.1. The molecule has 10 rings (SSSR count). The number of para-hydroxylation sites is 4. The number of fused-ring (bicyclic) bond motifs is 10. The molecule has 0 saturated carbocycles. The third-order valence-corrected chi connectivity index (χ3v) is 9.77. The van der Waals surface area contributed by atoms with Crippen LogP contribution < -0.4 is 0 Å². The Morgan fingerprint density at radius 3 is 1.88 bits per heavy atom. The molecule has 0 atom stereocenters. The van der Waals surface area contributed by atoms with Crippen molar-refractivity contribution < 1.29 is 4.42 Å². The van der Waals surface area contributed by atoms with Crippen molar-refractivity contribution in [1.29, 1.82) is 5.26 Å². The molecule has 0 amide bonds. The number of benzene rings is 7. The topological polar surface area (TPSA) is 51.1 Å². The predicted molar refractivity (Wildman–Crippen MR) is 199 cm³/mol. The quantitative estimate of drug-likeness (QED) is 0.184. The predicted octanol–water partition coefficient (Wildman–Crippen LogP) is 11.9. The van der Waals surface area contributed by atoms with Crippen LogP contribution in [0.4, 0.5) is 5.69 Å². The highest BCUT2D eigenvalue weighted by atomic mass is 16.3. The fourth-order valence-corrected chi connectivity index (χ4v) is 7.68. The number of hydrogen-bond acceptors (Lipinski definition) is 2. The number of nitriles is 1. The van der Waals surface area contributed by atoms with Crippen molar-refractivity contribution >= 4 is 71.2 Å². The van der Waals surface area contributed by atoms with Crippen molar-refractivity contribution in [1.82, 2.24) is 9.13 Å². The van der Waals surface area contributed by atoms with Gasteiger partial charge < -0.3 is 13.6 Å². The van der Waals surface area contributed by atoms with Gasteiger partial charge in [-0.15, -0.1) is 0 Å². The Kier molecular flexibility index (Phi) is 5.64. The summed E-state index contributed by atoms with van der Waals surface area (Å²) in [5.41, 5.74) is 11.2. The molecular weight excluding hydrogens is 601 g/mol. The van der Waals surface area contributed by atoms with Crippen LogP contribution in [0.5, 0.6) is 0 Å². The smallest absolute Gasteiger partial charge is 0.188 e. The highest BCUT2D eigenvalue weighted by Gasteiger charge is 2.22. The Labute approximate surface area is 280 Å². The van der Waals surface area contributed by atoms with Crippen LogP contribution in [-0.4, -0.2) is 9.13 Å². The zero-order chi connectivity index (χ0) is 32.6. The van der Waals surface area contributed by atoms with Crippen LogP contribution in [0, 0.1) is 17.9 Å². The number of aromatic nitrogens is 2. The first kappa shape index (κ1) is 27.1. The van der Waals surface area contributed by atoms with E-state index >= 15 is 0 Å². The Morgan fingerprint density at radius 1 is 0.531 bits per heavy atom. The summed E-state index contributed by atoms with van der Waals surface area (Å²) >= 11 is 0. The second-order valence-electron chi connectivity index (χ2n) is 12.3. The first-order chi connectivity index (χ1) is 24.2. The van der Waals surface area contributed by atoms with Crippen molar-refractivity contribution in [2.24, 2.45) is 0 Å². The Morgan fingerprint density at radius 2 is 1.14 bits per heavy atom. The van der Waals surface area contributed by atoms with Gasteiger partial charge in [0.15, 0.2) is 11.3 Å². The van der Waals surface area contributed by atoms with Crippen molar-refractivity contribution in [3.63, 3.8) is 0 Å². The molecule has 7 aromatic carbocycles. The molecule has 5 heteroatoms. The Hall–Kier alpha value is -7.08. The van der Waals surface area contributed by atoms with Gasteiger partial charge in [0.1, 0.15) is 5.58 Å². The molecule has 0 aliphatic heterocycles. The monoisotopic (exact) mass is 624 g/mol. The van der Waals surface area contributed by atoms with Gasteiger partial charge in [-0.2, -0.15) is 5.26 Å². The molecule has 0 fully saturated rings. The highest BCUT2D eigenvalue weighted by molar-refractivity contribution is 6.22. The van der Waals surface area contributed by atoms with Crippen LogP contribution in [0.3, 0.4) is 0 Å².